The van der Waals surface area contributed by atoms with Crippen LogP contribution in [0.1, 0.15) is 32.1 Å². The maximum atomic E-state index is 9.48. The zero-order valence-corrected chi connectivity index (χ0v) is 10.4. The minimum Gasteiger partial charge on any atom is -0.381 e. The van der Waals surface area contributed by atoms with Gasteiger partial charge in [-0.3, -0.25) is 0 Å². The van der Waals surface area contributed by atoms with Gasteiger partial charge in [0.05, 0.1) is 11.5 Å². The summed E-state index contributed by atoms with van der Waals surface area (Å²) in [6, 6.07) is 3.04. The second-order valence-corrected chi connectivity index (χ2v) is 5.48. The van der Waals surface area contributed by atoms with E-state index < -0.39 is 0 Å². The van der Waals surface area contributed by atoms with Crippen LogP contribution in [0.3, 0.4) is 0 Å². The normalized spacial score (nSPS) is 27.1. The summed E-state index contributed by atoms with van der Waals surface area (Å²) in [5.41, 5.74) is -0.0640. The molecule has 0 radical (unpaired) electrons. The third-order valence-corrected chi connectivity index (χ3v) is 4.30. The molecule has 3 nitrogen and oxygen atoms in total. The molecule has 0 aromatic carbocycles. The fourth-order valence-electron chi connectivity index (χ4n) is 3.43. The van der Waals surface area contributed by atoms with Crippen LogP contribution in [0.5, 0.6) is 0 Å². The molecule has 2 rings (SSSR count). The number of rotatable bonds is 3. The van der Waals surface area contributed by atoms with E-state index in [-0.39, 0.29) is 5.41 Å². The SMILES string of the molecule is CN(C)C(C1CCOCC1)C1(C#N)CCC1. The van der Waals surface area contributed by atoms with E-state index in [1.165, 1.54) is 6.42 Å². The summed E-state index contributed by atoms with van der Waals surface area (Å²) >= 11 is 0. The molecule has 0 bridgehead atoms. The highest BCUT2D eigenvalue weighted by atomic mass is 16.5. The van der Waals surface area contributed by atoms with Crippen LogP contribution in [0, 0.1) is 22.7 Å². The van der Waals surface area contributed by atoms with Gasteiger partial charge in [0.15, 0.2) is 0 Å². The fraction of sp³-hybridized carbons (Fsp3) is 0.923. The van der Waals surface area contributed by atoms with Crippen molar-refractivity contribution >= 4 is 0 Å². The standard InChI is InChI=1S/C13H22N2O/c1-15(2)12(11-4-8-16-9-5-11)13(10-14)6-3-7-13/h11-12H,3-9H2,1-2H3. The van der Waals surface area contributed by atoms with Crippen molar-refractivity contribution in [3.8, 4) is 6.07 Å². The molecule has 0 spiro atoms. The zero-order chi connectivity index (χ0) is 11.6. The molecule has 2 aliphatic rings. The Kier molecular flexibility index (Phi) is 3.51. The van der Waals surface area contributed by atoms with Gasteiger partial charge in [-0.1, -0.05) is 6.42 Å². The maximum absolute atomic E-state index is 9.48. The molecule has 90 valence electrons. The van der Waals surface area contributed by atoms with Crippen molar-refractivity contribution in [3.63, 3.8) is 0 Å². The Bertz CT molecular complexity index is 272. The molecule has 2 fully saturated rings. The molecule has 1 saturated carbocycles. The third-order valence-electron chi connectivity index (χ3n) is 4.30. The van der Waals surface area contributed by atoms with Crippen LogP contribution >= 0.6 is 0 Å². The number of nitrogens with zero attached hydrogens (tertiary/aromatic N) is 2. The summed E-state index contributed by atoms with van der Waals surface area (Å²) in [4.78, 5) is 2.28. The minimum atomic E-state index is -0.0640. The number of ether oxygens (including phenoxy) is 1. The van der Waals surface area contributed by atoms with Gasteiger partial charge >= 0.3 is 0 Å². The lowest BCUT2D eigenvalue weighted by atomic mass is 9.60. The minimum absolute atomic E-state index is 0.0640. The fourth-order valence-corrected chi connectivity index (χ4v) is 3.43. The van der Waals surface area contributed by atoms with Crippen LogP contribution in [-0.4, -0.2) is 38.3 Å². The molecule has 16 heavy (non-hydrogen) atoms. The first-order valence-electron chi connectivity index (χ1n) is 6.35. The smallest absolute Gasteiger partial charge is 0.0731 e. The summed E-state index contributed by atoms with van der Waals surface area (Å²) in [6.07, 6.45) is 5.63. The van der Waals surface area contributed by atoms with E-state index in [1.54, 1.807) is 0 Å². The van der Waals surface area contributed by atoms with Crippen molar-refractivity contribution in [2.75, 3.05) is 27.3 Å². The summed E-state index contributed by atoms with van der Waals surface area (Å²) in [6.45, 7) is 1.74. The molecule has 0 amide bonds. The molecule has 1 atom stereocenters. The topological polar surface area (TPSA) is 36.3 Å². The Balaban J connectivity index is 2.13. The monoisotopic (exact) mass is 222 g/mol. The maximum Gasteiger partial charge on any atom is 0.0731 e. The third kappa shape index (κ3) is 1.97. The van der Waals surface area contributed by atoms with Gasteiger partial charge in [0.2, 0.25) is 0 Å². The average molecular weight is 222 g/mol. The van der Waals surface area contributed by atoms with Gasteiger partial charge in [0.25, 0.3) is 0 Å². The molecule has 0 aromatic rings. The highest BCUT2D eigenvalue weighted by Gasteiger charge is 2.48. The molecular formula is C13H22N2O. The predicted octanol–water partition coefficient (Wildman–Crippen LogP) is 2.04. The second-order valence-electron chi connectivity index (χ2n) is 5.48. The summed E-state index contributed by atoms with van der Waals surface area (Å²) < 4.78 is 5.43. The van der Waals surface area contributed by atoms with E-state index in [4.69, 9.17) is 4.74 Å². The van der Waals surface area contributed by atoms with Crippen LogP contribution in [-0.2, 0) is 4.74 Å². The van der Waals surface area contributed by atoms with Crippen molar-refractivity contribution < 1.29 is 4.74 Å². The summed E-state index contributed by atoms with van der Waals surface area (Å²) in [5, 5.41) is 9.48. The average Bonchev–Trinajstić information content (AvgIpc) is 2.24. The highest BCUT2D eigenvalue weighted by molar-refractivity contribution is 5.12. The van der Waals surface area contributed by atoms with E-state index >= 15 is 0 Å². The lowest BCUT2D eigenvalue weighted by molar-refractivity contribution is -0.0193. The molecule has 0 N–H and O–H groups in total. The molecule has 0 aromatic heterocycles. The van der Waals surface area contributed by atoms with Crippen LogP contribution in [0.15, 0.2) is 0 Å². The van der Waals surface area contributed by atoms with Gasteiger partial charge in [-0.05, 0) is 45.7 Å². The predicted molar refractivity (Wildman–Crippen MR) is 62.9 cm³/mol. The van der Waals surface area contributed by atoms with Crippen molar-refractivity contribution in [1.82, 2.24) is 4.90 Å². The quantitative estimate of drug-likeness (QED) is 0.733. The van der Waals surface area contributed by atoms with Gasteiger partial charge in [-0.2, -0.15) is 5.26 Å². The Morgan fingerprint density at radius 1 is 1.31 bits per heavy atom. The van der Waals surface area contributed by atoms with Gasteiger partial charge in [-0.25, -0.2) is 0 Å². The lowest BCUT2D eigenvalue weighted by Crippen LogP contribution is -2.53. The molecule has 1 aliphatic carbocycles. The summed E-state index contributed by atoms with van der Waals surface area (Å²) in [7, 11) is 4.25. The molecule has 1 heterocycles. The van der Waals surface area contributed by atoms with E-state index in [9.17, 15) is 5.26 Å². The van der Waals surface area contributed by atoms with Gasteiger partial charge in [0, 0.05) is 19.3 Å². The van der Waals surface area contributed by atoms with E-state index in [0.717, 1.165) is 38.9 Å². The van der Waals surface area contributed by atoms with Crippen LogP contribution in [0.4, 0.5) is 0 Å². The Hall–Kier alpha value is -0.590. The summed E-state index contributed by atoms with van der Waals surface area (Å²) in [5.74, 6) is 0.642. The van der Waals surface area contributed by atoms with Crippen LogP contribution in [0.2, 0.25) is 0 Å². The molecular weight excluding hydrogens is 200 g/mol. The van der Waals surface area contributed by atoms with Crippen LogP contribution < -0.4 is 0 Å². The number of hydrogen-bond acceptors (Lipinski definition) is 3. The van der Waals surface area contributed by atoms with Crippen molar-refractivity contribution in [1.29, 1.82) is 5.26 Å². The van der Waals surface area contributed by atoms with Gasteiger partial charge in [-0.15, -0.1) is 0 Å². The van der Waals surface area contributed by atoms with Crippen molar-refractivity contribution in [3.05, 3.63) is 0 Å². The Morgan fingerprint density at radius 3 is 2.31 bits per heavy atom. The Morgan fingerprint density at radius 2 is 1.94 bits per heavy atom. The van der Waals surface area contributed by atoms with Crippen LogP contribution in [0.25, 0.3) is 0 Å². The zero-order valence-electron chi connectivity index (χ0n) is 10.4. The molecule has 1 aliphatic heterocycles. The first-order valence-corrected chi connectivity index (χ1v) is 6.35. The van der Waals surface area contributed by atoms with E-state index in [0.29, 0.717) is 12.0 Å². The first-order chi connectivity index (χ1) is 7.69. The van der Waals surface area contributed by atoms with Crippen molar-refractivity contribution in [2.24, 2.45) is 11.3 Å². The molecule has 1 unspecified atom stereocenters. The highest BCUT2D eigenvalue weighted by Crippen LogP contribution is 2.48. The Labute approximate surface area is 98.4 Å². The van der Waals surface area contributed by atoms with E-state index in [1.807, 2.05) is 0 Å². The molecule has 1 saturated heterocycles. The van der Waals surface area contributed by atoms with Gasteiger partial charge < -0.3 is 9.64 Å². The number of nitriles is 1. The lowest BCUT2D eigenvalue weighted by Gasteiger charge is -2.49. The first kappa shape index (κ1) is 11.9. The van der Waals surface area contributed by atoms with Gasteiger partial charge in [0.1, 0.15) is 0 Å². The largest absolute Gasteiger partial charge is 0.381 e. The second kappa shape index (κ2) is 4.73. The van der Waals surface area contributed by atoms with Crippen molar-refractivity contribution in [2.45, 2.75) is 38.1 Å². The number of hydrogen-bond donors (Lipinski definition) is 0. The molecule has 3 heteroatoms. The van der Waals surface area contributed by atoms with E-state index in [2.05, 4.69) is 25.1 Å².